The van der Waals surface area contributed by atoms with Gasteiger partial charge in [0.25, 0.3) is 0 Å². The topological polar surface area (TPSA) is 34.6 Å². The summed E-state index contributed by atoms with van der Waals surface area (Å²) in [5.74, 6) is 0.962. The Morgan fingerprint density at radius 2 is 1.81 bits per heavy atom. The number of benzene rings is 2. The Morgan fingerprint density at radius 1 is 1.00 bits per heavy atom. The van der Waals surface area contributed by atoms with E-state index in [1.807, 2.05) is 5.51 Å². The molecule has 0 amide bonds. The van der Waals surface area contributed by atoms with Gasteiger partial charge in [-0.1, -0.05) is 18.2 Å². The van der Waals surface area contributed by atoms with Crippen LogP contribution in [0, 0.1) is 0 Å². The number of hydrogen-bond acceptors (Lipinski definition) is 5. The van der Waals surface area contributed by atoms with Crippen molar-refractivity contribution in [2.45, 2.75) is 38.0 Å². The third-order valence-electron chi connectivity index (χ3n) is 5.61. The van der Waals surface area contributed by atoms with Gasteiger partial charge in [0, 0.05) is 19.7 Å². The molecule has 0 aliphatic carbocycles. The zero-order valence-corrected chi connectivity index (χ0v) is 16.2. The molecular weight excluding hydrogens is 356 g/mol. The third kappa shape index (κ3) is 3.72. The molecule has 27 heavy (non-hydrogen) atoms. The van der Waals surface area contributed by atoms with Crippen molar-refractivity contribution < 1.29 is 9.47 Å². The molecule has 2 saturated heterocycles. The Balaban J connectivity index is 1.20. The van der Waals surface area contributed by atoms with Gasteiger partial charge in [-0.2, -0.15) is 0 Å². The van der Waals surface area contributed by atoms with E-state index in [0.717, 1.165) is 43.8 Å². The molecule has 5 rings (SSSR count). The average molecular weight is 381 g/mol. The zero-order chi connectivity index (χ0) is 18.1. The molecular formula is C22H24N2O2S. The molecule has 140 valence electrons. The van der Waals surface area contributed by atoms with Gasteiger partial charge in [0.05, 0.1) is 15.7 Å². The largest absolute Gasteiger partial charge is 0.490 e. The Morgan fingerprint density at radius 3 is 2.59 bits per heavy atom. The van der Waals surface area contributed by atoms with Crippen LogP contribution in [0.4, 0.5) is 0 Å². The Bertz CT molecular complexity index is 894. The number of fused-ring (bicyclic) bond motifs is 1. The van der Waals surface area contributed by atoms with E-state index in [9.17, 15) is 0 Å². The summed E-state index contributed by atoms with van der Waals surface area (Å²) < 4.78 is 13.3. The molecule has 1 unspecified atom stereocenters. The van der Waals surface area contributed by atoms with Gasteiger partial charge in [0.2, 0.25) is 0 Å². The summed E-state index contributed by atoms with van der Waals surface area (Å²) in [5.41, 5.74) is 5.36. The first-order chi connectivity index (χ1) is 13.3. The van der Waals surface area contributed by atoms with Gasteiger partial charge in [-0.15, -0.1) is 11.3 Å². The molecule has 1 atom stereocenters. The molecule has 2 fully saturated rings. The second-order valence-electron chi connectivity index (χ2n) is 7.38. The van der Waals surface area contributed by atoms with Crippen LogP contribution in [0.15, 0.2) is 48.0 Å². The molecule has 2 aromatic carbocycles. The van der Waals surface area contributed by atoms with E-state index < -0.39 is 0 Å². The van der Waals surface area contributed by atoms with Gasteiger partial charge in [-0.05, 0) is 61.1 Å². The van der Waals surface area contributed by atoms with E-state index in [2.05, 4.69) is 52.3 Å². The van der Waals surface area contributed by atoms with E-state index >= 15 is 0 Å². The Labute approximate surface area is 163 Å². The highest BCUT2D eigenvalue weighted by atomic mass is 32.1. The van der Waals surface area contributed by atoms with Crippen LogP contribution >= 0.6 is 11.3 Å². The minimum absolute atomic E-state index is 0.305. The van der Waals surface area contributed by atoms with Crippen molar-refractivity contribution >= 4 is 21.6 Å². The van der Waals surface area contributed by atoms with Crippen LogP contribution in [0.2, 0.25) is 0 Å². The molecule has 5 heteroatoms. The molecule has 0 N–H and O–H groups in total. The van der Waals surface area contributed by atoms with Gasteiger partial charge >= 0.3 is 0 Å². The van der Waals surface area contributed by atoms with Crippen LogP contribution in [-0.4, -0.2) is 41.9 Å². The Hall–Kier alpha value is -1.95. The third-order valence-corrected chi connectivity index (χ3v) is 6.42. The number of piperidine rings is 1. The lowest BCUT2D eigenvalue weighted by atomic mass is 10.0. The van der Waals surface area contributed by atoms with Gasteiger partial charge in [-0.3, -0.25) is 4.90 Å². The van der Waals surface area contributed by atoms with Crippen molar-refractivity contribution in [3.05, 3.63) is 48.0 Å². The summed E-state index contributed by atoms with van der Waals surface area (Å²) >= 11 is 1.68. The fraction of sp³-hybridized carbons (Fsp3) is 0.409. The van der Waals surface area contributed by atoms with Crippen molar-refractivity contribution in [1.82, 2.24) is 9.88 Å². The molecule has 0 spiro atoms. The van der Waals surface area contributed by atoms with Crippen LogP contribution in [0.1, 0.15) is 25.7 Å². The SMILES string of the molecule is c1nc2cc(-c3ccc(OC4CCN(C5CCCO5)CC4)cc3)ccc2s1. The first kappa shape index (κ1) is 17.2. The Kier molecular flexibility index (Phi) is 4.82. The average Bonchev–Trinajstić information content (AvgIpc) is 3.41. The van der Waals surface area contributed by atoms with E-state index in [0.29, 0.717) is 12.3 Å². The summed E-state index contributed by atoms with van der Waals surface area (Å²) in [6.45, 7) is 3.06. The number of aromatic nitrogens is 1. The van der Waals surface area contributed by atoms with E-state index in [1.165, 1.54) is 28.7 Å². The van der Waals surface area contributed by atoms with Crippen molar-refractivity contribution in [2.24, 2.45) is 0 Å². The molecule has 0 saturated carbocycles. The van der Waals surface area contributed by atoms with Crippen LogP contribution < -0.4 is 4.74 Å². The second-order valence-corrected chi connectivity index (χ2v) is 8.27. The summed E-state index contributed by atoms with van der Waals surface area (Å²) in [6.07, 6.45) is 5.17. The van der Waals surface area contributed by atoms with E-state index in [4.69, 9.17) is 9.47 Å². The van der Waals surface area contributed by atoms with E-state index in [-0.39, 0.29) is 0 Å². The van der Waals surface area contributed by atoms with Crippen molar-refractivity contribution in [3.8, 4) is 16.9 Å². The molecule has 0 bridgehead atoms. The van der Waals surface area contributed by atoms with Gasteiger partial charge in [0.1, 0.15) is 18.1 Å². The molecule has 0 radical (unpaired) electrons. The fourth-order valence-electron chi connectivity index (χ4n) is 4.09. The number of hydrogen-bond donors (Lipinski definition) is 0. The highest BCUT2D eigenvalue weighted by Gasteiger charge is 2.28. The molecule has 2 aliphatic heterocycles. The predicted octanol–water partition coefficient (Wildman–Crippen LogP) is 4.94. The van der Waals surface area contributed by atoms with Crippen LogP contribution in [0.25, 0.3) is 21.3 Å². The molecule has 3 heterocycles. The molecule has 3 aromatic rings. The predicted molar refractivity (Wildman–Crippen MR) is 109 cm³/mol. The number of nitrogens with zero attached hydrogens (tertiary/aromatic N) is 2. The second kappa shape index (κ2) is 7.58. The first-order valence-electron chi connectivity index (χ1n) is 9.81. The number of likely N-dealkylation sites (tertiary alicyclic amines) is 1. The lowest BCUT2D eigenvalue weighted by Gasteiger charge is -2.35. The maximum Gasteiger partial charge on any atom is 0.119 e. The van der Waals surface area contributed by atoms with E-state index in [1.54, 1.807) is 11.3 Å². The summed E-state index contributed by atoms with van der Waals surface area (Å²) in [7, 11) is 0. The van der Waals surface area contributed by atoms with Gasteiger partial charge in [0.15, 0.2) is 0 Å². The van der Waals surface area contributed by atoms with Crippen LogP contribution in [-0.2, 0) is 4.74 Å². The normalized spacial score (nSPS) is 21.7. The smallest absolute Gasteiger partial charge is 0.119 e. The summed E-state index contributed by atoms with van der Waals surface area (Å²) in [4.78, 5) is 6.89. The lowest BCUT2D eigenvalue weighted by molar-refractivity contribution is -0.0441. The van der Waals surface area contributed by atoms with Crippen molar-refractivity contribution in [3.63, 3.8) is 0 Å². The first-order valence-corrected chi connectivity index (χ1v) is 10.7. The monoisotopic (exact) mass is 380 g/mol. The number of ether oxygens (including phenoxy) is 2. The standard InChI is InChI=1S/C22H24N2O2S/c1-2-22(25-13-1)24-11-9-19(10-12-24)26-18-6-3-16(4-7-18)17-5-8-21-20(14-17)23-15-27-21/h3-8,14-15,19,22H,1-2,9-13H2. The summed E-state index contributed by atoms with van der Waals surface area (Å²) in [6, 6.07) is 14.9. The zero-order valence-electron chi connectivity index (χ0n) is 15.3. The minimum Gasteiger partial charge on any atom is -0.490 e. The molecule has 2 aliphatic rings. The molecule has 1 aromatic heterocycles. The quantitative estimate of drug-likeness (QED) is 0.642. The van der Waals surface area contributed by atoms with Crippen LogP contribution in [0.3, 0.4) is 0 Å². The number of thiazole rings is 1. The van der Waals surface area contributed by atoms with Crippen molar-refractivity contribution in [2.75, 3.05) is 19.7 Å². The van der Waals surface area contributed by atoms with Gasteiger partial charge in [-0.25, -0.2) is 4.98 Å². The van der Waals surface area contributed by atoms with Crippen molar-refractivity contribution in [1.29, 1.82) is 0 Å². The number of rotatable bonds is 4. The molecule has 4 nitrogen and oxygen atoms in total. The minimum atomic E-state index is 0.305. The maximum atomic E-state index is 6.24. The fourth-order valence-corrected chi connectivity index (χ4v) is 4.74. The summed E-state index contributed by atoms with van der Waals surface area (Å²) in [5, 5.41) is 0. The van der Waals surface area contributed by atoms with Crippen LogP contribution in [0.5, 0.6) is 5.75 Å². The maximum absolute atomic E-state index is 6.24. The van der Waals surface area contributed by atoms with Gasteiger partial charge < -0.3 is 9.47 Å². The lowest BCUT2D eigenvalue weighted by Crippen LogP contribution is -2.43. The highest BCUT2D eigenvalue weighted by Crippen LogP contribution is 2.28. The highest BCUT2D eigenvalue weighted by molar-refractivity contribution is 7.16.